The number of fused-ring (bicyclic) bond motifs is 3. The largest absolute Gasteiger partial charge is 0.456 e. The predicted octanol–water partition coefficient (Wildman–Crippen LogP) is 6.63. The molecule has 0 heterocycles. The fourth-order valence-corrected chi connectivity index (χ4v) is 5.30. The van der Waals surface area contributed by atoms with Crippen LogP contribution in [0.25, 0.3) is 11.1 Å². The molecule has 4 aromatic carbocycles. The van der Waals surface area contributed by atoms with Crippen LogP contribution in [0.3, 0.4) is 0 Å². The zero-order valence-electron chi connectivity index (χ0n) is 24.7. The van der Waals surface area contributed by atoms with E-state index in [2.05, 4.69) is 29.6 Å². The lowest BCUT2D eigenvalue weighted by molar-refractivity contribution is -0.126. The first-order chi connectivity index (χ1) is 20.7. The molecule has 0 fully saturated rings. The minimum atomic E-state index is -1.34. The van der Waals surface area contributed by atoms with E-state index in [1.54, 1.807) is 18.2 Å². The van der Waals surface area contributed by atoms with E-state index >= 15 is 0 Å². The van der Waals surface area contributed by atoms with Crippen molar-refractivity contribution in [3.8, 4) is 11.1 Å². The van der Waals surface area contributed by atoms with Crippen LogP contribution in [0.4, 0.5) is 4.79 Å². The zero-order chi connectivity index (χ0) is 30.4. The van der Waals surface area contributed by atoms with Crippen molar-refractivity contribution >= 4 is 12.1 Å². The summed E-state index contributed by atoms with van der Waals surface area (Å²) < 4.78 is 17.0. The summed E-state index contributed by atoms with van der Waals surface area (Å²) in [6, 6.07) is 31.8. The second kappa shape index (κ2) is 13.2. The maximum Gasteiger partial charge on any atom is 0.407 e. The number of alkyl carbamates (subject to hydrolysis) is 1. The normalized spacial score (nSPS) is 13.9. The van der Waals surface area contributed by atoms with E-state index in [9.17, 15) is 14.7 Å². The highest BCUT2D eigenvalue weighted by molar-refractivity contribution is 5.89. The van der Waals surface area contributed by atoms with Crippen LogP contribution in [0.2, 0.25) is 0 Å². The van der Waals surface area contributed by atoms with E-state index in [1.165, 1.54) is 0 Å². The fraction of sp³-hybridized carbons (Fsp3) is 0.278. The lowest BCUT2D eigenvalue weighted by Gasteiger charge is -2.25. The molecular formula is C36H37NO6. The Morgan fingerprint density at radius 2 is 1.42 bits per heavy atom. The number of carbonyl (C=O) groups is 2. The van der Waals surface area contributed by atoms with Gasteiger partial charge in [-0.15, -0.1) is 0 Å². The van der Waals surface area contributed by atoms with Crippen molar-refractivity contribution in [3.05, 3.63) is 131 Å². The third-order valence-electron chi connectivity index (χ3n) is 7.27. The number of carbonyl (C=O) groups excluding carboxylic acids is 2. The molecule has 0 spiro atoms. The highest BCUT2D eigenvalue weighted by Crippen LogP contribution is 2.44. The van der Waals surface area contributed by atoms with Crippen LogP contribution < -0.4 is 5.32 Å². The van der Waals surface area contributed by atoms with Crippen LogP contribution in [0.5, 0.6) is 0 Å². The summed E-state index contributed by atoms with van der Waals surface area (Å²) in [5.74, 6) is -0.544. The third-order valence-corrected chi connectivity index (χ3v) is 7.27. The summed E-state index contributed by atoms with van der Waals surface area (Å²) in [5.41, 5.74) is 5.84. The van der Waals surface area contributed by atoms with Gasteiger partial charge < -0.3 is 24.6 Å². The smallest absolute Gasteiger partial charge is 0.407 e. The molecule has 5 rings (SSSR count). The first-order valence-electron chi connectivity index (χ1n) is 14.5. The molecule has 4 aromatic rings. The van der Waals surface area contributed by atoms with Gasteiger partial charge in [0.15, 0.2) is 6.29 Å². The monoisotopic (exact) mass is 579 g/mol. The molecule has 7 heteroatoms. The predicted molar refractivity (Wildman–Crippen MR) is 165 cm³/mol. The molecule has 0 aliphatic heterocycles. The van der Waals surface area contributed by atoms with Gasteiger partial charge in [0.1, 0.15) is 12.2 Å². The Morgan fingerprint density at radius 1 is 0.814 bits per heavy atom. The van der Waals surface area contributed by atoms with Crippen molar-refractivity contribution in [3.63, 3.8) is 0 Å². The highest BCUT2D eigenvalue weighted by Gasteiger charge is 2.30. The molecule has 2 atom stereocenters. The van der Waals surface area contributed by atoms with Gasteiger partial charge in [0.2, 0.25) is 0 Å². The van der Waals surface area contributed by atoms with Crippen LogP contribution in [0.1, 0.15) is 59.3 Å². The molecule has 0 radical (unpaired) electrons. The standard InChI is InChI=1S/C36H37NO6/c1-36(2,3)43-33(38)26-15-11-14-25(20-26)21-32(34(39)41-22-24-12-5-4-6-13-24)37-35(40)42-23-31-29-18-9-7-16-27(29)28-17-8-10-19-30(28)31/h4-20,31-32,34,39H,21-23H2,1-3H3,(H,37,40)/t32-,34-/m0/s1. The molecule has 43 heavy (non-hydrogen) atoms. The average Bonchev–Trinajstić information content (AvgIpc) is 3.32. The number of amides is 1. The SMILES string of the molecule is CC(C)(C)OC(=O)c1cccc(C[C@H](NC(=O)OCC2c3ccccc3-c3ccccc32)[C@@H](O)OCc2ccccc2)c1. The molecule has 7 nitrogen and oxygen atoms in total. The molecular weight excluding hydrogens is 542 g/mol. The molecule has 0 saturated heterocycles. The van der Waals surface area contributed by atoms with Crippen molar-refractivity contribution in [2.24, 2.45) is 0 Å². The number of nitrogens with one attached hydrogen (secondary N) is 1. The Balaban J connectivity index is 1.29. The minimum absolute atomic E-state index is 0.0960. The Bertz CT molecular complexity index is 1520. The van der Waals surface area contributed by atoms with Gasteiger partial charge in [-0.25, -0.2) is 9.59 Å². The summed E-state index contributed by atoms with van der Waals surface area (Å²) >= 11 is 0. The first-order valence-corrected chi connectivity index (χ1v) is 14.5. The zero-order valence-corrected chi connectivity index (χ0v) is 24.7. The Morgan fingerprint density at radius 3 is 2.07 bits per heavy atom. The number of aliphatic hydroxyl groups excluding tert-OH is 1. The number of ether oxygens (including phenoxy) is 3. The van der Waals surface area contributed by atoms with Gasteiger partial charge in [0, 0.05) is 5.92 Å². The number of benzene rings is 4. The van der Waals surface area contributed by atoms with Crippen LogP contribution in [-0.4, -0.2) is 41.7 Å². The van der Waals surface area contributed by atoms with Gasteiger partial charge >= 0.3 is 12.1 Å². The lowest BCUT2D eigenvalue weighted by atomic mass is 9.98. The van der Waals surface area contributed by atoms with Gasteiger partial charge in [-0.05, 0) is 72.7 Å². The van der Waals surface area contributed by atoms with Gasteiger partial charge in [-0.3, -0.25) is 0 Å². The lowest BCUT2D eigenvalue weighted by Crippen LogP contribution is -2.46. The maximum atomic E-state index is 13.2. The molecule has 1 amide bonds. The number of aliphatic hydroxyl groups is 1. The molecule has 0 unspecified atom stereocenters. The third kappa shape index (κ3) is 7.69. The van der Waals surface area contributed by atoms with Crippen LogP contribution in [0.15, 0.2) is 103 Å². The van der Waals surface area contributed by atoms with E-state index in [4.69, 9.17) is 14.2 Å². The van der Waals surface area contributed by atoms with Gasteiger partial charge in [0.05, 0.1) is 18.2 Å². The molecule has 0 aromatic heterocycles. The Labute approximate surface area is 252 Å². The van der Waals surface area contributed by atoms with E-state index < -0.39 is 30.0 Å². The topological polar surface area (TPSA) is 94.1 Å². The Hall–Kier alpha value is -4.46. The number of esters is 1. The Kier molecular flexibility index (Phi) is 9.24. The second-order valence-electron chi connectivity index (χ2n) is 11.7. The van der Waals surface area contributed by atoms with Crippen molar-refractivity contribution in [2.45, 2.75) is 57.6 Å². The van der Waals surface area contributed by atoms with E-state index in [1.807, 2.05) is 81.4 Å². The van der Waals surface area contributed by atoms with Crippen molar-refractivity contribution in [2.75, 3.05) is 6.61 Å². The molecule has 2 N–H and O–H groups in total. The summed E-state index contributed by atoms with van der Waals surface area (Å²) in [6.07, 6.45) is -1.82. The molecule has 1 aliphatic rings. The number of hydrogen-bond donors (Lipinski definition) is 2. The van der Waals surface area contributed by atoms with Crippen LogP contribution in [-0.2, 0) is 27.2 Å². The summed E-state index contributed by atoms with van der Waals surface area (Å²) in [5, 5.41) is 13.9. The highest BCUT2D eigenvalue weighted by atomic mass is 16.6. The summed E-state index contributed by atoms with van der Waals surface area (Å²) in [6.45, 7) is 5.72. The first kappa shape index (κ1) is 30.0. The van der Waals surface area contributed by atoms with Crippen molar-refractivity contribution in [1.82, 2.24) is 5.32 Å². The van der Waals surface area contributed by atoms with Gasteiger partial charge in [-0.1, -0.05) is 91.0 Å². The van der Waals surface area contributed by atoms with Crippen LogP contribution in [0, 0.1) is 0 Å². The van der Waals surface area contributed by atoms with Crippen LogP contribution >= 0.6 is 0 Å². The molecule has 222 valence electrons. The van der Waals surface area contributed by atoms with E-state index in [0.717, 1.165) is 33.4 Å². The quantitative estimate of drug-likeness (QED) is 0.162. The maximum absolute atomic E-state index is 13.2. The van der Waals surface area contributed by atoms with Crippen molar-refractivity contribution < 1.29 is 28.9 Å². The number of hydrogen-bond acceptors (Lipinski definition) is 6. The summed E-state index contributed by atoms with van der Waals surface area (Å²) in [4.78, 5) is 25.8. The second-order valence-corrected chi connectivity index (χ2v) is 11.7. The van der Waals surface area contributed by atoms with Crippen molar-refractivity contribution in [1.29, 1.82) is 0 Å². The minimum Gasteiger partial charge on any atom is -0.456 e. The molecule has 0 bridgehead atoms. The van der Waals surface area contributed by atoms with Gasteiger partial charge in [-0.2, -0.15) is 0 Å². The van der Waals surface area contributed by atoms with E-state index in [0.29, 0.717) is 5.56 Å². The molecule has 0 saturated carbocycles. The average molecular weight is 580 g/mol. The van der Waals surface area contributed by atoms with E-state index in [-0.39, 0.29) is 25.6 Å². The number of rotatable bonds is 10. The molecule has 1 aliphatic carbocycles. The van der Waals surface area contributed by atoms with Gasteiger partial charge in [0.25, 0.3) is 0 Å². The fourth-order valence-electron chi connectivity index (χ4n) is 5.30. The summed E-state index contributed by atoms with van der Waals surface area (Å²) in [7, 11) is 0.